The van der Waals surface area contributed by atoms with Crippen molar-refractivity contribution >= 4 is 29.0 Å². The number of anilines is 2. The Hall–Kier alpha value is -5.11. The minimum Gasteiger partial charge on any atom is -0.420 e. The predicted octanol–water partition coefficient (Wildman–Crippen LogP) is 5.80. The molecule has 0 unspecified atom stereocenters. The lowest BCUT2D eigenvalue weighted by Gasteiger charge is -2.21. The van der Waals surface area contributed by atoms with Crippen LogP contribution in [0.1, 0.15) is 28.0 Å². The van der Waals surface area contributed by atoms with Crippen LogP contribution in [-0.2, 0) is 6.42 Å². The van der Waals surface area contributed by atoms with Crippen molar-refractivity contribution in [2.45, 2.75) is 24.6 Å². The Morgan fingerprint density at radius 2 is 1.80 bits per heavy atom. The number of amides is 1. The highest BCUT2D eigenvalue weighted by Crippen LogP contribution is 2.39. The first-order valence-corrected chi connectivity index (χ1v) is 14.1. The van der Waals surface area contributed by atoms with E-state index in [1.54, 1.807) is 18.5 Å². The van der Waals surface area contributed by atoms with Crippen LogP contribution >= 0.6 is 11.6 Å². The SMILES string of the molecule is O=C(Nc1ccc(OC(F)(F)Cl)cc1)c1cnc(N2CC[C@H](F)C2)c(-c2cnc3c(c2)-c2nn(-c4ncc(F)cn4)cc2C3)c1. The fourth-order valence-corrected chi connectivity index (χ4v) is 5.45. The Labute approximate surface area is 257 Å². The summed E-state index contributed by atoms with van der Waals surface area (Å²) in [6.45, 7) is 0.610. The standard InChI is InChI=1S/C30H21ClF4N8O2/c31-30(34,35)45-22-3-1-21(2-4-22)40-28(44)17-8-23(27(37-11-17)42-6-5-19(32)15-42)16-7-24-25(36-10-16)9-18-14-43(41-26(18)24)29-38-12-20(33)13-39-29/h1-4,7-8,10-14,19H,5-6,9,15H2,(H,40,44)/t19-/m0/s1. The second kappa shape index (κ2) is 11.1. The quantitative estimate of drug-likeness (QED) is 0.173. The molecule has 1 saturated heterocycles. The van der Waals surface area contributed by atoms with E-state index < -0.39 is 23.5 Å². The summed E-state index contributed by atoms with van der Waals surface area (Å²) in [4.78, 5) is 32.3. The van der Waals surface area contributed by atoms with Crippen molar-refractivity contribution in [3.05, 3.63) is 90.0 Å². The molecule has 228 valence electrons. The van der Waals surface area contributed by atoms with Crippen LogP contribution in [-0.4, -0.2) is 60.5 Å². The van der Waals surface area contributed by atoms with E-state index in [-0.39, 0.29) is 23.8 Å². The van der Waals surface area contributed by atoms with Gasteiger partial charge in [0.15, 0.2) is 5.82 Å². The fourth-order valence-electron chi connectivity index (χ4n) is 5.36. The summed E-state index contributed by atoms with van der Waals surface area (Å²) in [5.41, 5.74) is 0.985. The van der Waals surface area contributed by atoms with E-state index in [0.717, 1.165) is 29.2 Å². The highest BCUT2D eigenvalue weighted by molar-refractivity contribution is 6.20. The van der Waals surface area contributed by atoms with Crippen molar-refractivity contribution in [3.8, 4) is 34.1 Å². The van der Waals surface area contributed by atoms with Crippen LogP contribution in [0.3, 0.4) is 0 Å². The molecule has 1 aliphatic heterocycles. The van der Waals surface area contributed by atoms with Crippen molar-refractivity contribution in [2.75, 3.05) is 23.3 Å². The van der Waals surface area contributed by atoms with Crippen molar-refractivity contribution in [3.63, 3.8) is 0 Å². The zero-order chi connectivity index (χ0) is 31.3. The summed E-state index contributed by atoms with van der Waals surface area (Å²) >= 11 is 4.81. The van der Waals surface area contributed by atoms with Crippen molar-refractivity contribution in [1.82, 2.24) is 29.7 Å². The number of ether oxygens (including phenoxy) is 1. The van der Waals surface area contributed by atoms with Gasteiger partial charge in [-0.05, 0) is 42.8 Å². The Morgan fingerprint density at radius 1 is 1.02 bits per heavy atom. The number of alkyl halides is 4. The Balaban J connectivity index is 1.21. The van der Waals surface area contributed by atoms with Gasteiger partial charge in [-0.2, -0.15) is 5.10 Å². The predicted molar refractivity (Wildman–Crippen MR) is 156 cm³/mol. The molecule has 0 radical (unpaired) electrons. The molecule has 1 atom stereocenters. The number of nitrogens with zero attached hydrogens (tertiary/aromatic N) is 7. The first-order chi connectivity index (χ1) is 21.6. The number of carbonyl (C=O) groups is 1. The number of hydrogen-bond donors (Lipinski definition) is 1. The second-order valence-electron chi connectivity index (χ2n) is 10.5. The largest absolute Gasteiger partial charge is 0.487 e. The van der Waals surface area contributed by atoms with Crippen LogP contribution in [0.25, 0.3) is 28.3 Å². The molecule has 1 N–H and O–H groups in total. The van der Waals surface area contributed by atoms with E-state index in [0.29, 0.717) is 47.7 Å². The summed E-state index contributed by atoms with van der Waals surface area (Å²) in [6.07, 6.45) is 6.84. The van der Waals surface area contributed by atoms with Gasteiger partial charge in [-0.15, -0.1) is 8.78 Å². The fraction of sp³-hybridized carbons (Fsp3) is 0.200. The summed E-state index contributed by atoms with van der Waals surface area (Å²) < 4.78 is 59.2. The Kier molecular flexibility index (Phi) is 7.07. The molecule has 0 bridgehead atoms. The number of carbonyl (C=O) groups excluding carboxylic acids is 1. The van der Waals surface area contributed by atoms with Gasteiger partial charge in [-0.25, -0.2) is 28.4 Å². The number of nitrogens with one attached hydrogen (secondary N) is 1. The summed E-state index contributed by atoms with van der Waals surface area (Å²) in [5, 5.41) is 7.33. The van der Waals surface area contributed by atoms with Gasteiger partial charge in [0.05, 0.1) is 35.9 Å². The topological polar surface area (TPSA) is 111 Å². The van der Waals surface area contributed by atoms with Gasteiger partial charge in [-0.1, -0.05) is 0 Å². The maximum absolute atomic E-state index is 14.2. The minimum absolute atomic E-state index is 0.159. The molecular formula is C30H21ClF4N8O2. The average Bonchev–Trinajstić information content (AvgIpc) is 3.72. The lowest BCUT2D eigenvalue weighted by atomic mass is 10.0. The third kappa shape index (κ3) is 5.88. The van der Waals surface area contributed by atoms with Gasteiger partial charge < -0.3 is 15.0 Å². The van der Waals surface area contributed by atoms with E-state index >= 15 is 0 Å². The number of benzene rings is 1. The molecule has 1 fully saturated rings. The molecule has 10 nitrogen and oxygen atoms in total. The van der Waals surface area contributed by atoms with Crippen molar-refractivity contribution in [1.29, 1.82) is 0 Å². The van der Waals surface area contributed by atoms with Crippen LogP contribution in [0.15, 0.2) is 67.4 Å². The van der Waals surface area contributed by atoms with Crippen molar-refractivity contribution in [2.24, 2.45) is 0 Å². The third-order valence-electron chi connectivity index (χ3n) is 7.40. The maximum atomic E-state index is 14.2. The minimum atomic E-state index is -3.86. The first-order valence-electron chi connectivity index (χ1n) is 13.7. The smallest absolute Gasteiger partial charge is 0.420 e. The molecule has 1 aliphatic carbocycles. The first kappa shape index (κ1) is 28.6. The van der Waals surface area contributed by atoms with Gasteiger partial charge in [0.2, 0.25) is 0 Å². The van der Waals surface area contributed by atoms with Gasteiger partial charge in [-0.3, -0.25) is 9.78 Å². The zero-order valence-electron chi connectivity index (χ0n) is 23.1. The highest BCUT2D eigenvalue weighted by Gasteiger charge is 2.29. The van der Waals surface area contributed by atoms with Gasteiger partial charge >= 0.3 is 5.57 Å². The number of aromatic nitrogens is 6. The van der Waals surface area contributed by atoms with Crippen LogP contribution in [0.4, 0.5) is 29.1 Å². The number of halogens is 5. The number of pyridine rings is 2. The molecule has 1 amide bonds. The monoisotopic (exact) mass is 636 g/mol. The van der Waals surface area contributed by atoms with Crippen LogP contribution in [0, 0.1) is 5.82 Å². The van der Waals surface area contributed by atoms with E-state index in [1.807, 2.05) is 11.0 Å². The van der Waals surface area contributed by atoms with E-state index in [4.69, 9.17) is 11.6 Å². The lowest BCUT2D eigenvalue weighted by Crippen LogP contribution is -2.22. The van der Waals surface area contributed by atoms with Crippen LogP contribution < -0.4 is 15.0 Å². The normalized spacial score (nSPS) is 15.6. The Bertz CT molecular complexity index is 1920. The third-order valence-corrected chi connectivity index (χ3v) is 7.48. The van der Waals surface area contributed by atoms with Crippen molar-refractivity contribution < 1.29 is 27.1 Å². The molecular weight excluding hydrogens is 616 g/mol. The Morgan fingerprint density at radius 3 is 2.51 bits per heavy atom. The van der Waals surface area contributed by atoms with Gasteiger partial charge in [0.1, 0.15) is 17.7 Å². The molecule has 5 heterocycles. The molecule has 0 spiro atoms. The number of fused-ring (bicyclic) bond motifs is 3. The molecule has 7 rings (SSSR count). The summed E-state index contributed by atoms with van der Waals surface area (Å²) in [7, 11) is 0. The van der Waals surface area contributed by atoms with E-state index in [9.17, 15) is 22.4 Å². The molecule has 5 aromatic rings. The second-order valence-corrected chi connectivity index (χ2v) is 10.9. The lowest BCUT2D eigenvalue weighted by molar-refractivity contribution is -0.0964. The summed E-state index contributed by atoms with van der Waals surface area (Å²) in [6, 6.07) is 8.82. The number of rotatable bonds is 7. The molecule has 0 saturated carbocycles. The maximum Gasteiger partial charge on any atom is 0.487 e. The molecule has 2 aliphatic rings. The molecule has 15 heteroatoms. The van der Waals surface area contributed by atoms with Gasteiger partial charge in [0.25, 0.3) is 11.9 Å². The average molecular weight is 637 g/mol. The highest BCUT2D eigenvalue weighted by atomic mass is 35.5. The molecule has 45 heavy (non-hydrogen) atoms. The molecule has 1 aromatic carbocycles. The zero-order valence-corrected chi connectivity index (χ0v) is 23.8. The molecule has 4 aromatic heterocycles. The number of hydrogen-bond acceptors (Lipinski definition) is 8. The van der Waals surface area contributed by atoms with E-state index in [1.165, 1.54) is 35.1 Å². The van der Waals surface area contributed by atoms with Crippen LogP contribution in [0.2, 0.25) is 0 Å². The summed E-state index contributed by atoms with van der Waals surface area (Å²) in [5.74, 6) is -0.528. The van der Waals surface area contributed by atoms with E-state index in [2.05, 4.69) is 35.1 Å². The van der Waals surface area contributed by atoms with Gasteiger partial charge in [0, 0.05) is 71.1 Å². The van der Waals surface area contributed by atoms with Crippen LogP contribution in [0.5, 0.6) is 5.75 Å².